The van der Waals surface area contributed by atoms with Crippen molar-refractivity contribution in [3.8, 4) is 11.5 Å². The van der Waals surface area contributed by atoms with Crippen LogP contribution in [0.3, 0.4) is 0 Å². The highest BCUT2D eigenvalue weighted by molar-refractivity contribution is 7.89. The molecule has 0 aliphatic carbocycles. The predicted molar refractivity (Wildman–Crippen MR) is 112 cm³/mol. The molecule has 2 aromatic rings. The summed E-state index contributed by atoms with van der Waals surface area (Å²) < 4.78 is 42.9. The molecule has 0 unspecified atom stereocenters. The Hall–Kier alpha value is -2.62. The van der Waals surface area contributed by atoms with Crippen LogP contribution < -0.4 is 14.8 Å². The van der Waals surface area contributed by atoms with E-state index in [1.54, 1.807) is 43.5 Å². The van der Waals surface area contributed by atoms with Gasteiger partial charge < -0.3 is 19.5 Å². The van der Waals surface area contributed by atoms with Crippen LogP contribution in [0.5, 0.6) is 11.5 Å². The molecule has 0 saturated carbocycles. The number of nitrogens with zero attached hydrogens (tertiary/aromatic N) is 1. The molecule has 1 atom stereocenters. The number of anilines is 1. The highest BCUT2D eigenvalue weighted by atomic mass is 32.2. The van der Waals surface area contributed by atoms with Crippen LogP contribution in [0.1, 0.15) is 13.3 Å². The van der Waals surface area contributed by atoms with Crippen molar-refractivity contribution in [1.29, 1.82) is 0 Å². The van der Waals surface area contributed by atoms with Crippen molar-refractivity contribution in [1.82, 2.24) is 4.31 Å². The number of sulfonamides is 1. The summed E-state index contributed by atoms with van der Waals surface area (Å²) in [5.74, 6) is 0.953. The van der Waals surface area contributed by atoms with E-state index in [9.17, 15) is 13.2 Å². The lowest BCUT2D eigenvalue weighted by molar-refractivity contribution is -0.122. The number of hydrogen-bond acceptors (Lipinski definition) is 6. The van der Waals surface area contributed by atoms with Crippen LogP contribution in [0.15, 0.2) is 53.4 Å². The lowest BCUT2D eigenvalue weighted by Gasteiger charge is -2.26. The smallest absolute Gasteiger partial charge is 0.265 e. The maximum absolute atomic E-state index is 12.7. The van der Waals surface area contributed by atoms with E-state index in [0.29, 0.717) is 49.9 Å². The maximum atomic E-state index is 12.7. The third-order valence-corrected chi connectivity index (χ3v) is 6.64. The van der Waals surface area contributed by atoms with E-state index < -0.39 is 16.1 Å². The van der Waals surface area contributed by atoms with Gasteiger partial charge in [0.2, 0.25) is 10.0 Å². The van der Waals surface area contributed by atoms with Crippen molar-refractivity contribution in [2.24, 2.45) is 0 Å². The second kappa shape index (κ2) is 9.92. The van der Waals surface area contributed by atoms with Crippen LogP contribution in [0.4, 0.5) is 5.69 Å². The molecule has 30 heavy (non-hydrogen) atoms. The van der Waals surface area contributed by atoms with E-state index in [4.69, 9.17) is 14.2 Å². The quantitative estimate of drug-likeness (QED) is 0.686. The molecule has 1 fully saturated rings. The number of benzene rings is 2. The molecule has 1 aliphatic rings. The number of rotatable bonds is 8. The van der Waals surface area contributed by atoms with Crippen LogP contribution in [0.2, 0.25) is 0 Å². The number of hydrogen-bond donors (Lipinski definition) is 1. The van der Waals surface area contributed by atoms with Gasteiger partial charge in [0, 0.05) is 18.8 Å². The number of amides is 1. The molecular weight excluding hydrogens is 408 g/mol. The Morgan fingerprint density at radius 3 is 2.23 bits per heavy atom. The number of methoxy groups -OCH3 is 1. The second-order valence-electron chi connectivity index (χ2n) is 6.72. The van der Waals surface area contributed by atoms with Crippen molar-refractivity contribution >= 4 is 21.6 Å². The van der Waals surface area contributed by atoms with Crippen molar-refractivity contribution in [2.75, 3.05) is 38.7 Å². The summed E-state index contributed by atoms with van der Waals surface area (Å²) in [4.78, 5) is 12.8. The molecule has 3 rings (SSSR count). The third kappa shape index (κ3) is 5.29. The van der Waals surface area contributed by atoms with E-state index in [2.05, 4.69) is 5.32 Å². The maximum Gasteiger partial charge on any atom is 0.265 e. The van der Waals surface area contributed by atoms with Gasteiger partial charge in [-0.25, -0.2) is 8.42 Å². The second-order valence-corrected chi connectivity index (χ2v) is 8.66. The molecule has 1 saturated heterocycles. The van der Waals surface area contributed by atoms with Gasteiger partial charge in [-0.2, -0.15) is 4.31 Å². The summed E-state index contributed by atoms with van der Waals surface area (Å²) in [6, 6.07) is 13.1. The zero-order valence-corrected chi connectivity index (χ0v) is 17.9. The van der Waals surface area contributed by atoms with Crippen LogP contribution >= 0.6 is 0 Å². The molecule has 1 N–H and O–H groups in total. The Morgan fingerprint density at radius 2 is 1.67 bits per heavy atom. The standard InChI is InChI=1S/C21H26N2O6S/c1-3-20(29-18-8-6-17(27-2)7-9-18)21(24)22-16-4-10-19(11-5-16)30(25,26)23-12-14-28-15-13-23/h4-11,20H,3,12-15H2,1-2H3,(H,22,24)/t20-/m1/s1. The molecule has 162 valence electrons. The molecule has 0 aromatic heterocycles. The van der Waals surface area contributed by atoms with E-state index in [1.807, 2.05) is 6.92 Å². The Bertz CT molecular complexity index is 938. The topological polar surface area (TPSA) is 94.2 Å². The lowest BCUT2D eigenvalue weighted by atomic mass is 10.2. The Balaban J connectivity index is 1.63. The molecule has 1 amide bonds. The van der Waals surface area contributed by atoms with Crippen LogP contribution in [-0.4, -0.2) is 58.1 Å². The fourth-order valence-electron chi connectivity index (χ4n) is 3.01. The fourth-order valence-corrected chi connectivity index (χ4v) is 4.42. The Kier molecular flexibility index (Phi) is 7.30. The van der Waals surface area contributed by atoms with Gasteiger partial charge in [0.25, 0.3) is 5.91 Å². The summed E-state index contributed by atoms with van der Waals surface area (Å²) in [6.45, 7) is 3.30. The summed E-state index contributed by atoms with van der Waals surface area (Å²) in [7, 11) is -1.99. The minimum atomic E-state index is -3.57. The molecule has 2 aromatic carbocycles. The van der Waals surface area contributed by atoms with E-state index in [1.165, 1.54) is 16.4 Å². The first-order valence-corrected chi connectivity index (χ1v) is 11.2. The van der Waals surface area contributed by atoms with Gasteiger partial charge in [-0.05, 0) is 55.0 Å². The molecule has 1 heterocycles. The van der Waals surface area contributed by atoms with Gasteiger partial charge in [-0.3, -0.25) is 4.79 Å². The summed E-state index contributed by atoms with van der Waals surface area (Å²) >= 11 is 0. The van der Waals surface area contributed by atoms with Crippen LogP contribution in [0.25, 0.3) is 0 Å². The number of ether oxygens (including phenoxy) is 3. The number of nitrogens with one attached hydrogen (secondary N) is 1. The minimum absolute atomic E-state index is 0.184. The van der Waals surface area contributed by atoms with E-state index in [0.717, 1.165) is 0 Å². The molecule has 0 radical (unpaired) electrons. The minimum Gasteiger partial charge on any atom is -0.497 e. The first kappa shape index (κ1) is 22.1. The molecule has 8 nitrogen and oxygen atoms in total. The SMILES string of the molecule is CC[C@@H](Oc1ccc(OC)cc1)C(=O)Nc1ccc(S(=O)(=O)N2CCOCC2)cc1. The zero-order valence-electron chi connectivity index (χ0n) is 17.0. The van der Waals surface area contributed by atoms with Crippen LogP contribution in [-0.2, 0) is 19.6 Å². The molecule has 0 bridgehead atoms. The normalized spacial score (nSPS) is 15.9. The average molecular weight is 435 g/mol. The fraction of sp³-hybridized carbons (Fsp3) is 0.381. The zero-order chi connectivity index (χ0) is 21.6. The Labute approximate surface area is 176 Å². The average Bonchev–Trinajstić information content (AvgIpc) is 2.78. The summed E-state index contributed by atoms with van der Waals surface area (Å²) in [5, 5.41) is 2.78. The van der Waals surface area contributed by atoms with E-state index in [-0.39, 0.29) is 10.8 Å². The van der Waals surface area contributed by atoms with Gasteiger partial charge in [0.15, 0.2) is 6.10 Å². The molecular formula is C21H26N2O6S. The summed E-state index contributed by atoms with van der Waals surface area (Å²) in [6.07, 6.45) is -0.211. The number of carbonyl (C=O) groups excluding carboxylic acids is 1. The van der Waals surface area contributed by atoms with Gasteiger partial charge in [0.05, 0.1) is 25.2 Å². The van der Waals surface area contributed by atoms with E-state index >= 15 is 0 Å². The highest BCUT2D eigenvalue weighted by Crippen LogP contribution is 2.21. The van der Waals surface area contributed by atoms with Crippen LogP contribution in [0, 0.1) is 0 Å². The lowest BCUT2D eigenvalue weighted by Crippen LogP contribution is -2.40. The predicted octanol–water partition coefficient (Wildman–Crippen LogP) is 2.51. The van der Waals surface area contributed by atoms with Gasteiger partial charge in [-0.15, -0.1) is 0 Å². The molecule has 1 aliphatic heterocycles. The van der Waals surface area contributed by atoms with Gasteiger partial charge in [-0.1, -0.05) is 6.92 Å². The van der Waals surface area contributed by atoms with Crippen molar-refractivity contribution in [2.45, 2.75) is 24.3 Å². The van der Waals surface area contributed by atoms with Crippen molar-refractivity contribution < 1.29 is 27.4 Å². The Morgan fingerprint density at radius 1 is 1.07 bits per heavy atom. The van der Waals surface area contributed by atoms with Crippen molar-refractivity contribution in [3.63, 3.8) is 0 Å². The first-order valence-electron chi connectivity index (χ1n) is 9.73. The largest absolute Gasteiger partial charge is 0.497 e. The van der Waals surface area contributed by atoms with Gasteiger partial charge >= 0.3 is 0 Å². The summed E-state index contributed by atoms with van der Waals surface area (Å²) in [5.41, 5.74) is 0.498. The van der Waals surface area contributed by atoms with Gasteiger partial charge in [0.1, 0.15) is 11.5 Å². The first-order chi connectivity index (χ1) is 14.4. The highest BCUT2D eigenvalue weighted by Gasteiger charge is 2.26. The number of morpholine rings is 1. The molecule has 0 spiro atoms. The third-order valence-electron chi connectivity index (χ3n) is 4.73. The van der Waals surface area contributed by atoms with Crippen molar-refractivity contribution in [3.05, 3.63) is 48.5 Å². The molecule has 9 heteroatoms. The monoisotopic (exact) mass is 434 g/mol. The number of carbonyl (C=O) groups is 1.